The Kier molecular flexibility index (Phi) is 4.23. The highest BCUT2D eigenvalue weighted by Gasteiger charge is 2.70. The number of aliphatic hydroxyl groups is 1. The van der Waals surface area contributed by atoms with Crippen molar-refractivity contribution < 1.29 is 22.5 Å². The number of ketones is 1. The van der Waals surface area contributed by atoms with E-state index in [1.807, 2.05) is 6.92 Å². The van der Waals surface area contributed by atoms with Crippen LogP contribution in [0.25, 0.3) is 0 Å². The molecule has 0 aromatic carbocycles. The summed E-state index contributed by atoms with van der Waals surface area (Å²) in [4.78, 5) is 11.9. The quantitative estimate of drug-likeness (QED) is 0.706. The summed E-state index contributed by atoms with van der Waals surface area (Å²) in [6.07, 6.45) is 7.43. The van der Waals surface area contributed by atoms with Gasteiger partial charge in [0.1, 0.15) is 0 Å². The molecule has 6 atom stereocenters. The van der Waals surface area contributed by atoms with Crippen LogP contribution >= 0.6 is 0 Å². The van der Waals surface area contributed by atoms with Gasteiger partial charge in [-0.05, 0) is 62.9 Å². The average molecular weight is 408 g/mol. The van der Waals surface area contributed by atoms with E-state index in [4.69, 9.17) is 4.18 Å². The van der Waals surface area contributed by atoms with E-state index in [1.54, 1.807) is 6.08 Å². The lowest BCUT2D eigenvalue weighted by molar-refractivity contribution is -0.200. The van der Waals surface area contributed by atoms with E-state index in [0.29, 0.717) is 38.5 Å². The molecule has 0 aliphatic heterocycles. The lowest BCUT2D eigenvalue weighted by atomic mass is 9.44. The summed E-state index contributed by atoms with van der Waals surface area (Å²) in [5.41, 5.74) is -2.29. The predicted octanol–water partition coefficient (Wildman–Crippen LogP) is 2.87. The van der Waals surface area contributed by atoms with Crippen LogP contribution in [-0.2, 0) is 19.1 Å². The van der Waals surface area contributed by atoms with E-state index in [-0.39, 0.29) is 17.6 Å². The van der Waals surface area contributed by atoms with Gasteiger partial charge in [0.25, 0.3) is 10.1 Å². The first-order chi connectivity index (χ1) is 12.9. The molecule has 0 aromatic heterocycles. The molecule has 0 bridgehead atoms. The molecule has 4 aliphatic rings. The van der Waals surface area contributed by atoms with Crippen molar-refractivity contribution in [2.75, 3.05) is 6.26 Å². The molecule has 3 saturated carbocycles. The number of carbonyl (C=O) groups is 1. The number of nitriles is 1. The van der Waals surface area contributed by atoms with Crippen LogP contribution in [0.4, 0.5) is 0 Å². The fraction of sp³-hybridized carbons (Fsp3) is 0.810. The van der Waals surface area contributed by atoms with E-state index in [2.05, 4.69) is 13.0 Å². The van der Waals surface area contributed by atoms with Gasteiger partial charge in [-0.1, -0.05) is 19.4 Å². The molecule has 0 amide bonds. The second-order valence-corrected chi connectivity index (χ2v) is 11.4. The van der Waals surface area contributed by atoms with Crippen molar-refractivity contribution in [1.29, 1.82) is 5.26 Å². The molecule has 7 heteroatoms. The topological polar surface area (TPSA) is 104 Å². The molecule has 0 spiro atoms. The average Bonchev–Trinajstić information content (AvgIpc) is 2.88. The highest BCUT2D eigenvalue weighted by molar-refractivity contribution is 7.86. The summed E-state index contributed by atoms with van der Waals surface area (Å²) in [5, 5.41) is 21.9. The van der Waals surface area contributed by atoms with Crippen LogP contribution < -0.4 is 0 Å². The van der Waals surface area contributed by atoms with Crippen LogP contribution in [0.2, 0.25) is 0 Å². The first-order valence-electron chi connectivity index (χ1n) is 10.2. The van der Waals surface area contributed by atoms with Crippen LogP contribution in [0.1, 0.15) is 65.2 Å². The summed E-state index contributed by atoms with van der Waals surface area (Å²) in [5.74, 6) is 0.129. The monoisotopic (exact) mass is 407 g/mol. The SMILES string of the molecule is C[C@]12CCC(=O)C=C1CC[C@H]1[C@@H]3CC[C@@](C#N)(OS(C)(=O)=O)[C@@]3(C)CC[C@@]12O. The maximum absolute atomic E-state index is 12.0. The van der Waals surface area contributed by atoms with Gasteiger partial charge in [-0.25, -0.2) is 4.18 Å². The van der Waals surface area contributed by atoms with Crippen molar-refractivity contribution >= 4 is 15.9 Å². The van der Waals surface area contributed by atoms with E-state index in [9.17, 15) is 23.6 Å². The minimum Gasteiger partial charge on any atom is -0.389 e. The second kappa shape index (κ2) is 5.90. The Morgan fingerprint density at radius 1 is 1.14 bits per heavy atom. The van der Waals surface area contributed by atoms with Crippen molar-refractivity contribution in [3.63, 3.8) is 0 Å². The smallest absolute Gasteiger partial charge is 0.265 e. The lowest BCUT2D eigenvalue weighted by Crippen LogP contribution is -2.64. The number of rotatable bonds is 2. The van der Waals surface area contributed by atoms with Gasteiger partial charge < -0.3 is 5.11 Å². The van der Waals surface area contributed by atoms with Gasteiger partial charge in [-0.2, -0.15) is 13.7 Å². The molecule has 0 heterocycles. The van der Waals surface area contributed by atoms with Crippen molar-refractivity contribution in [2.24, 2.45) is 22.7 Å². The minimum atomic E-state index is -3.78. The second-order valence-electron chi connectivity index (χ2n) is 9.83. The Balaban J connectivity index is 1.75. The Labute approximate surface area is 167 Å². The molecule has 4 aliphatic carbocycles. The minimum absolute atomic E-state index is 0.0173. The van der Waals surface area contributed by atoms with Gasteiger partial charge >= 0.3 is 0 Å². The van der Waals surface area contributed by atoms with Crippen molar-refractivity contribution in [1.82, 2.24) is 0 Å². The number of hydrogen-bond acceptors (Lipinski definition) is 6. The van der Waals surface area contributed by atoms with Gasteiger partial charge in [0.2, 0.25) is 0 Å². The standard InChI is InChI=1S/C21H29NO5S/c1-18-8-6-15(23)12-14(18)4-5-17-16-7-9-20(13-22,27-28(3,25)26)19(16,2)10-11-21(17,18)24/h12,16-17,24H,4-11H2,1-3H3/t16-,17-,18-,19-,20-,21+/m0/s1. The van der Waals surface area contributed by atoms with E-state index < -0.39 is 32.2 Å². The molecule has 0 unspecified atom stereocenters. The first kappa shape index (κ1) is 20.1. The molecule has 0 saturated heterocycles. The molecule has 6 nitrogen and oxygen atoms in total. The summed E-state index contributed by atoms with van der Waals surface area (Å²) in [7, 11) is -3.78. The first-order valence-corrected chi connectivity index (χ1v) is 12.0. The largest absolute Gasteiger partial charge is 0.389 e. The third-order valence-corrected chi connectivity index (χ3v) is 9.33. The van der Waals surface area contributed by atoms with Crippen LogP contribution in [0.5, 0.6) is 0 Å². The summed E-state index contributed by atoms with van der Waals surface area (Å²) in [6.45, 7) is 4.05. The van der Waals surface area contributed by atoms with Crippen molar-refractivity contribution in [3.8, 4) is 6.07 Å². The lowest BCUT2D eigenvalue weighted by Gasteiger charge is -2.63. The Morgan fingerprint density at radius 2 is 1.86 bits per heavy atom. The highest BCUT2D eigenvalue weighted by Crippen LogP contribution is 2.69. The van der Waals surface area contributed by atoms with Gasteiger partial charge in [0.15, 0.2) is 11.4 Å². The molecule has 154 valence electrons. The number of nitrogens with zero attached hydrogens (tertiary/aromatic N) is 1. The molecule has 1 N–H and O–H groups in total. The molecule has 0 radical (unpaired) electrons. The third-order valence-electron chi connectivity index (χ3n) is 8.74. The fourth-order valence-electron chi connectivity index (χ4n) is 7.10. The summed E-state index contributed by atoms with van der Waals surface area (Å²) < 4.78 is 29.3. The third kappa shape index (κ3) is 2.44. The van der Waals surface area contributed by atoms with Crippen molar-refractivity contribution in [3.05, 3.63) is 11.6 Å². The number of hydrogen-bond donors (Lipinski definition) is 1. The summed E-state index contributed by atoms with van der Waals surface area (Å²) in [6, 6.07) is 2.21. The van der Waals surface area contributed by atoms with Gasteiger partial charge in [-0.3, -0.25) is 4.79 Å². The zero-order valence-corrected chi connectivity index (χ0v) is 17.6. The normalized spacial score (nSPS) is 48.1. The van der Waals surface area contributed by atoms with E-state index in [0.717, 1.165) is 24.7 Å². The molecule has 4 rings (SSSR count). The number of fused-ring (bicyclic) bond motifs is 5. The highest BCUT2D eigenvalue weighted by atomic mass is 32.2. The number of carbonyl (C=O) groups excluding carboxylic acids is 1. The molecular formula is C21H29NO5S. The van der Waals surface area contributed by atoms with Crippen LogP contribution in [-0.4, -0.2) is 36.8 Å². The zero-order chi connectivity index (χ0) is 20.6. The van der Waals surface area contributed by atoms with Crippen LogP contribution in [0, 0.1) is 34.0 Å². The van der Waals surface area contributed by atoms with Gasteiger partial charge in [0.05, 0.1) is 17.9 Å². The fourth-order valence-corrected chi connectivity index (χ4v) is 7.93. The van der Waals surface area contributed by atoms with Crippen molar-refractivity contribution in [2.45, 2.75) is 76.4 Å². The Hall–Kier alpha value is -1.23. The molecule has 28 heavy (non-hydrogen) atoms. The van der Waals surface area contributed by atoms with E-state index in [1.165, 1.54) is 0 Å². The zero-order valence-electron chi connectivity index (χ0n) is 16.8. The maximum atomic E-state index is 12.0. The Bertz CT molecular complexity index is 904. The Morgan fingerprint density at radius 3 is 2.50 bits per heavy atom. The van der Waals surface area contributed by atoms with E-state index >= 15 is 0 Å². The van der Waals surface area contributed by atoms with Gasteiger partial charge in [0, 0.05) is 17.3 Å². The van der Waals surface area contributed by atoms with Gasteiger partial charge in [-0.15, -0.1) is 0 Å². The molecule has 3 fully saturated rings. The molecule has 0 aromatic rings. The predicted molar refractivity (Wildman–Crippen MR) is 102 cm³/mol. The maximum Gasteiger partial charge on any atom is 0.265 e. The summed E-state index contributed by atoms with van der Waals surface area (Å²) >= 11 is 0. The molecular weight excluding hydrogens is 378 g/mol. The van der Waals surface area contributed by atoms with Crippen LogP contribution in [0.15, 0.2) is 11.6 Å². The van der Waals surface area contributed by atoms with Crippen LogP contribution in [0.3, 0.4) is 0 Å².